The molecule has 6 heteroatoms. The Kier molecular flexibility index (Phi) is 4.70. The molecule has 0 fully saturated rings. The van der Waals surface area contributed by atoms with Gasteiger partial charge in [0.05, 0.1) is 37.0 Å². The van der Waals surface area contributed by atoms with Gasteiger partial charge in [0.15, 0.2) is 0 Å². The third-order valence-corrected chi connectivity index (χ3v) is 3.49. The molecule has 1 N–H and O–H groups in total. The van der Waals surface area contributed by atoms with Crippen molar-refractivity contribution in [1.29, 1.82) is 0 Å². The largest absolute Gasteiger partial charge is 0.468 e. The van der Waals surface area contributed by atoms with Gasteiger partial charge in [0, 0.05) is 11.4 Å². The van der Waals surface area contributed by atoms with Crippen molar-refractivity contribution in [2.45, 2.75) is 26.7 Å². The van der Waals surface area contributed by atoms with E-state index in [1.807, 2.05) is 0 Å². The highest BCUT2D eigenvalue weighted by atomic mass is 16.5. The highest BCUT2D eigenvalue weighted by Gasteiger charge is 2.39. The van der Waals surface area contributed by atoms with E-state index < -0.39 is 17.9 Å². The second kappa shape index (κ2) is 6.51. The van der Waals surface area contributed by atoms with Crippen molar-refractivity contribution in [3.8, 4) is 0 Å². The molecular weight excluding hydrogens is 286 g/mol. The maximum absolute atomic E-state index is 12.3. The smallest absolute Gasteiger partial charge is 0.336 e. The lowest BCUT2D eigenvalue weighted by Gasteiger charge is -2.28. The number of hydrogen-bond acceptors (Lipinski definition) is 6. The molecule has 1 aromatic heterocycles. The first-order valence-corrected chi connectivity index (χ1v) is 6.98. The van der Waals surface area contributed by atoms with E-state index in [0.717, 1.165) is 0 Å². The van der Waals surface area contributed by atoms with Crippen LogP contribution in [0.4, 0.5) is 0 Å². The summed E-state index contributed by atoms with van der Waals surface area (Å²) in [5.74, 6) is -1.16. The average Bonchev–Trinajstić information content (AvgIpc) is 2.99. The molecule has 1 aliphatic rings. The summed E-state index contributed by atoms with van der Waals surface area (Å²) in [6, 6.07) is 3.43. The SMILES string of the molecule is CCOC(=O)C1=C(C)NC(C)=C(C(=O)OC)[C@@H]1c1ccco1. The van der Waals surface area contributed by atoms with E-state index in [1.165, 1.54) is 13.4 Å². The minimum Gasteiger partial charge on any atom is -0.468 e. The fraction of sp³-hybridized carbons (Fsp3) is 0.375. The summed E-state index contributed by atoms with van der Waals surface area (Å²) in [7, 11) is 1.30. The maximum atomic E-state index is 12.3. The predicted molar refractivity (Wildman–Crippen MR) is 78.6 cm³/mol. The van der Waals surface area contributed by atoms with Crippen LogP contribution in [0.15, 0.2) is 45.4 Å². The number of ether oxygens (including phenoxy) is 2. The molecule has 0 unspecified atom stereocenters. The number of methoxy groups -OCH3 is 1. The van der Waals surface area contributed by atoms with E-state index in [0.29, 0.717) is 28.3 Å². The first kappa shape index (κ1) is 15.9. The molecule has 2 rings (SSSR count). The molecule has 118 valence electrons. The van der Waals surface area contributed by atoms with Gasteiger partial charge in [-0.05, 0) is 32.9 Å². The second-order valence-electron chi connectivity index (χ2n) is 4.86. The van der Waals surface area contributed by atoms with Crippen LogP contribution in [-0.2, 0) is 19.1 Å². The predicted octanol–water partition coefficient (Wildman–Crippen LogP) is 2.25. The molecule has 0 spiro atoms. The molecule has 0 bridgehead atoms. The Labute approximate surface area is 128 Å². The summed E-state index contributed by atoms with van der Waals surface area (Å²) >= 11 is 0. The van der Waals surface area contributed by atoms with Crippen molar-refractivity contribution >= 4 is 11.9 Å². The lowest BCUT2D eigenvalue weighted by molar-refractivity contribution is -0.139. The van der Waals surface area contributed by atoms with Crippen LogP contribution in [0.2, 0.25) is 0 Å². The van der Waals surface area contributed by atoms with Crippen molar-refractivity contribution in [1.82, 2.24) is 5.32 Å². The van der Waals surface area contributed by atoms with E-state index in [2.05, 4.69) is 5.32 Å². The fourth-order valence-electron chi connectivity index (χ4n) is 2.59. The van der Waals surface area contributed by atoms with Crippen LogP contribution in [0.3, 0.4) is 0 Å². The van der Waals surface area contributed by atoms with Crippen molar-refractivity contribution in [2.24, 2.45) is 0 Å². The zero-order valence-corrected chi connectivity index (χ0v) is 13.1. The summed E-state index contributed by atoms with van der Waals surface area (Å²) < 4.78 is 15.4. The molecule has 22 heavy (non-hydrogen) atoms. The Morgan fingerprint density at radius 2 is 1.86 bits per heavy atom. The molecule has 1 atom stereocenters. The highest BCUT2D eigenvalue weighted by Crippen LogP contribution is 2.39. The second-order valence-corrected chi connectivity index (χ2v) is 4.86. The molecule has 1 aliphatic heterocycles. The first-order chi connectivity index (χ1) is 10.5. The molecule has 6 nitrogen and oxygen atoms in total. The number of carbonyl (C=O) groups is 2. The zero-order valence-electron chi connectivity index (χ0n) is 13.1. The topological polar surface area (TPSA) is 77.8 Å². The number of hydrogen-bond donors (Lipinski definition) is 1. The lowest BCUT2D eigenvalue weighted by atomic mass is 9.83. The Morgan fingerprint density at radius 3 is 2.36 bits per heavy atom. The number of nitrogens with one attached hydrogen (secondary N) is 1. The monoisotopic (exact) mass is 305 g/mol. The van der Waals surface area contributed by atoms with Gasteiger partial charge in [0.1, 0.15) is 5.76 Å². The molecule has 0 radical (unpaired) electrons. The summed E-state index contributed by atoms with van der Waals surface area (Å²) in [4.78, 5) is 24.5. The van der Waals surface area contributed by atoms with Gasteiger partial charge in [0.2, 0.25) is 0 Å². The highest BCUT2D eigenvalue weighted by molar-refractivity contribution is 5.99. The average molecular weight is 305 g/mol. The maximum Gasteiger partial charge on any atom is 0.336 e. The number of esters is 2. The fourth-order valence-corrected chi connectivity index (χ4v) is 2.59. The molecule has 0 amide bonds. The van der Waals surface area contributed by atoms with Gasteiger partial charge >= 0.3 is 11.9 Å². The van der Waals surface area contributed by atoms with E-state index in [-0.39, 0.29) is 6.61 Å². The number of allylic oxidation sites excluding steroid dienone is 2. The number of dihydropyridines is 1. The summed E-state index contributed by atoms with van der Waals surface area (Å²) in [5, 5.41) is 3.04. The minimum absolute atomic E-state index is 0.247. The minimum atomic E-state index is -0.650. The number of carbonyl (C=O) groups excluding carboxylic acids is 2. The summed E-state index contributed by atoms with van der Waals surface area (Å²) in [6.07, 6.45) is 1.50. The van der Waals surface area contributed by atoms with Gasteiger partial charge in [-0.25, -0.2) is 9.59 Å². The van der Waals surface area contributed by atoms with Crippen LogP contribution in [-0.4, -0.2) is 25.7 Å². The van der Waals surface area contributed by atoms with Crippen LogP contribution in [0.1, 0.15) is 32.4 Å². The van der Waals surface area contributed by atoms with Crippen molar-refractivity contribution < 1.29 is 23.5 Å². The molecule has 2 heterocycles. The number of rotatable bonds is 4. The van der Waals surface area contributed by atoms with Gasteiger partial charge in [-0.15, -0.1) is 0 Å². The third-order valence-electron chi connectivity index (χ3n) is 3.49. The van der Waals surface area contributed by atoms with Crippen LogP contribution in [0.5, 0.6) is 0 Å². The van der Waals surface area contributed by atoms with Crippen molar-refractivity contribution in [2.75, 3.05) is 13.7 Å². The summed E-state index contributed by atoms with van der Waals surface area (Å²) in [5.41, 5.74) is 1.94. The van der Waals surface area contributed by atoms with Crippen molar-refractivity contribution in [3.63, 3.8) is 0 Å². The molecule has 0 aromatic carbocycles. The molecule has 0 aliphatic carbocycles. The Bertz CT molecular complexity index is 640. The van der Waals surface area contributed by atoms with Crippen LogP contribution < -0.4 is 5.32 Å². The molecule has 1 aromatic rings. The van der Waals surface area contributed by atoms with Gasteiger partial charge in [-0.2, -0.15) is 0 Å². The van der Waals surface area contributed by atoms with E-state index >= 15 is 0 Å². The zero-order chi connectivity index (χ0) is 16.3. The molecule has 0 saturated heterocycles. The molecular formula is C16H19NO5. The van der Waals surface area contributed by atoms with Gasteiger partial charge in [-0.3, -0.25) is 0 Å². The Balaban J connectivity index is 2.58. The third kappa shape index (κ3) is 2.77. The van der Waals surface area contributed by atoms with Crippen LogP contribution in [0.25, 0.3) is 0 Å². The van der Waals surface area contributed by atoms with Gasteiger partial charge < -0.3 is 19.2 Å². The normalized spacial score (nSPS) is 18.1. The van der Waals surface area contributed by atoms with E-state index in [9.17, 15) is 9.59 Å². The van der Waals surface area contributed by atoms with Crippen LogP contribution in [0, 0.1) is 0 Å². The standard InChI is InChI=1S/C16H19NO5/c1-5-21-16(19)13-10(3)17-9(2)12(15(18)20-4)14(13)11-7-6-8-22-11/h6-8,14,17H,5H2,1-4H3/t14-/m0/s1. The summed E-state index contributed by atoms with van der Waals surface area (Å²) in [6.45, 7) is 5.50. The lowest BCUT2D eigenvalue weighted by Crippen LogP contribution is -2.32. The number of furan rings is 1. The van der Waals surface area contributed by atoms with Crippen molar-refractivity contribution in [3.05, 3.63) is 46.7 Å². The Morgan fingerprint density at radius 1 is 1.23 bits per heavy atom. The van der Waals surface area contributed by atoms with Crippen LogP contribution >= 0.6 is 0 Å². The first-order valence-electron chi connectivity index (χ1n) is 6.98. The quantitative estimate of drug-likeness (QED) is 0.860. The van der Waals surface area contributed by atoms with E-state index in [1.54, 1.807) is 32.9 Å². The van der Waals surface area contributed by atoms with Gasteiger partial charge in [-0.1, -0.05) is 0 Å². The van der Waals surface area contributed by atoms with E-state index in [4.69, 9.17) is 13.9 Å². The molecule has 0 saturated carbocycles. The van der Waals surface area contributed by atoms with Gasteiger partial charge in [0.25, 0.3) is 0 Å². The Hall–Kier alpha value is -2.50.